The maximum Gasteiger partial charge on any atom is 0.238 e. The number of anilines is 2. The second-order valence-corrected chi connectivity index (χ2v) is 7.67. The number of nitrogen functional groups attached to an aromatic ring is 1. The topological polar surface area (TPSA) is 78.7 Å². The molecular formula is C23H32Cl2N4O2. The van der Waals surface area contributed by atoms with Gasteiger partial charge in [-0.2, -0.15) is 0 Å². The van der Waals surface area contributed by atoms with E-state index in [0.29, 0.717) is 45.6 Å². The van der Waals surface area contributed by atoms with Crippen LogP contribution in [0.1, 0.15) is 23.1 Å². The highest BCUT2D eigenvalue weighted by atomic mass is 35.5. The Morgan fingerprint density at radius 2 is 1.55 bits per heavy atom. The molecule has 2 amide bonds. The number of carbonyl (C=O) groups excluding carboxylic acids is 2. The van der Waals surface area contributed by atoms with Crippen molar-refractivity contribution in [3.8, 4) is 0 Å². The molecule has 170 valence electrons. The quantitative estimate of drug-likeness (QED) is 0.638. The summed E-state index contributed by atoms with van der Waals surface area (Å²) in [6.45, 7) is 7.06. The lowest BCUT2D eigenvalue weighted by Crippen LogP contribution is -2.50. The van der Waals surface area contributed by atoms with Gasteiger partial charge in [0.25, 0.3) is 0 Å². The Labute approximate surface area is 197 Å². The normalized spacial score (nSPS) is 13.7. The van der Waals surface area contributed by atoms with E-state index in [2.05, 4.69) is 10.2 Å². The first-order valence-corrected chi connectivity index (χ1v) is 10.1. The third-order valence-electron chi connectivity index (χ3n) is 5.50. The van der Waals surface area contributed by atoms with Gasteiger partial charge in [0.2, 0.25) is 11.8 Å². The highest BCUT2D eigenvalue weighted by molar-refractivity contribution is 5.93. The fourth-order valence-corrected chi connectivity index (χ4v) is 3.71. The number of para-hydroxylation sites is 2. The van der Waals surface area contributed by atoms with Crippen LogP contribution in [0.4, 0.5) is 11.4 Å². The molecule has 1 heterocycles. The van der Waals surface area contributed by atoms with E-state index in [1.807, 2.05) is 61.2 Å². The first kappa shape index (κ1) is 26.8. The molecule has 1 fully saturated rings. The van der Waals surface area contributed by atoms with Crippen molar-refractivity contribution >= 4 is 48.0 Å². The molecule has 2 aromatic rings. The van der Waals surface area contributed by atoms with Crippen molar-refractivity contribution in [2.24, 2.45) is 0 Å². The van der Waals surface area contributed by atoms with E-state index in [9.17, 15) is 9.59 Å². The van der Waals surface area contributed by atoms with Crippen LogP contribution in [0.5, 0.6) is 0 Å². The molecule has 0 radical (unpaired) electrons. The lowest BCUT2D eigenvalue weighted by molar-refractivity contribution is -0.133. The van der Waals surface area contributed by atoms with E-state index >= 15 is 0 Å². The van der Waals surface area contributed by atoms with Crippen molar-refractivity contribution in [3.05, 3.63) is 59.2 Å². The number of hydrogen-bond acceptors (Lipinski definition) is 4. The van der Waals surface area contributed by atoms with E-state index in [-0.39, 0.29) is 36.6 Å². The Bertz CT molecular complexity index is 863. The number of nitrogens with two attached hydrogens (primary N) is 1. The summed E-state index contributed by atoms with van der Waals surface area (Å²) in [5.74, 6) is 0.134. The van der Waals surface area contributed by atoms with Gasteiger partial charge in [-0.05, 0) is 43.0 Å². The molecule has 3 rings (SSSR count). The number of aryl methyl sites for hydroxylation is 3. The minimum Gasteiger partial charge on any atom is -0.399 e. The van der Waals surface area contributed by atoms with Gasteiger partial charge in [-0.3, -0.25) is 14.5 Å². The Balaban J connectivity index is 0.00000240. The first-order valence-electron chi connectivity index (χ1n) is 10.1. The number of rotatable bonds is 6. The lowest BCUT2D eigenvalue weighted by atomic mass is 10.1. The highest BCUT2D eigenvalue weighted by Crippen LogP contribution is 2.19. The highest BCUT2D eigenvalue weighted by Gasteiger charge is 2.22. The van der Waals surface area contributed by atoms with Crippen LogP contribution in [0.2, 0.25) is 0 Å². The van der Waals surface area contributed by atoms with Gasteiger partial charge in [0.05, 0.1) is 6.54 Å². The van der Waals surface area contributed by atoms with Gasteiger partial charge in [-0.15, -0.1) is 24.8 Å². The van der Waals surface area contributed by atoms with Crippen molar-refractivity contribution in [1.82, 2.24) is 9.80 Å². The van der Waals surface area contributed by atoms with E-state index in [4.69, 9.17) is 5.73 Å². The van der Waals surface area contributed by atoms with Crippen molar-refractivity contribution in [2.45, 2.75) is 26.7 Å². The summed E-state index contributed by atoms with van der Waals surface area (Å²) in [7, 11) is 0. The van der Waals surface area contributed by atoms with E-state index in [1.54, 1.807) is 0 Å². The lowest BCUT2D eigenvalue weighted by Gasteiger charge is -2.34. The van der Waals surface area contributed by atoms with Crippen LogP contribution in [0.25, 0.3) is 0 Å². The summed E-state index contributed by atoms with van der Waals surface area (Å²) < 4.78 is 0. The number of hydrogen-bond donors (Lipinski definition) is 2. The summed E-state index contributed by atoms with van der Waals surface area (Å²) in [6, 6.07) is 13.7. The van der Waals surface area contributed by atoms with Crippen LogP contribution >= 0.6 is 24.8 Å². The van der Waals surface area contributed by atoms with Gasteiger partial charge in [0, 0.05) is 44.0 Å². The minimum atomic E-state index is -0.0123. The molecule has 31 heavy (non-hydrogen) atoms. The molecule has 0 atom stereocenters. The van der Waals surface area contributed by atoms with Gasteiger partial charge in [-0.25, -0.2) is 0 Å². The summed E-state index contributed by atoms with van der Waals surface area (Å²) in [4.78, 5) is 28.9. The zero-order valence-corrected chi connectivity index (χ0v) is 19.7. The minimum absolute atomic E-state index is 0. The fraction of sp³-hybridized carbons (Fsp3) is 0.391. The molecular weight excluding hydrogens is 435 g/mol. The van der Waals surface area contributed by atoms with Gasteiger partial charge in [-0.1, -0.05) is 36.4 Å². The first-order chi connectivity index (χ1) is 13.9. The Morgan fingerprint density at radius 3 is 2.16 bits per heavy atom. The Kier molecular flexibility index (Phi) is 10.8. The number of carbonyl (C=O) groups is 2. The monoisotopic (exact) mass is 466 g/mol. The Hall–Kier alpha value is -2.28. The van der Waals surface area contributed by atoms with Gasteiger partial charge >= 0.3 is 0 Å². The molecule has 1 aliphatic heterocycles. The van der Waals surface area contributed by atoms with Crippen LogP contribution in [0.3, 0.4) is 0 Å². The maximum atomic E-state index is 12.5. The number of amides is 2. The maximum absolute atomic E-state index is 12.5. The summed E-state index contributed by atoms with van der Waals surface area (Å²) in [6.07, 6.45) is 1.12. The molecule has 8 heteroatoms. The molecule has 1 aliphatic rings. The molecule has 0 unspecified atom stereocenters. The predicted octanol–water partition coefficient (Wildman–Crippen LogP) is 3.44. The average molecular weight is 467 g/mol. The second kappa shape index (κ2) is 12.5. The molecule has 0 spiro atoms. The Morgan fingerprint density at radius 1 is 0.935 bits per heavy atom. The number of benzene rings is 2. The number of nitrogens with zero attached hydrogens (tertiary/aromatic N) is 2. The predicted molar refractivity (Wildman–Crippen MR) is 131 cm³/mol. The van der Waals surface area contributed by atoms with Crippen LogP contribution in [0.15, 0.2) is 42.5 Å². The van der Waals surface area contributed by atoms with Crippen molar-refractivity contribution in [3.63, 3.8) is 0 Å². The standard InChI is InChI=1S/C23H30N4O2.2ClH/c1-17-6-5-7-18(2)23(17)25-21(28)16-26-12-14-27(15-13-26)22(29)11-10-19-8-3-4-9-20(19)24;;/h3-9H,10-16,24H2,1-2H3,(H,25,28);2*1H. The van der Waals surface area contributed by atoms with Crippen LogP contribution in [0, 0.1) is 13.8 Å². The summed E-state index contributed by atoms with van der Waals surface area (Å²) in [5.41, 5.74) is 10.7. The molecule has 6 nitrogen and oxygen atoms in total. The fourth-order valence-electron chi connectivity index (χ4n) is 3.71. The second-order valence-electron chi connectivity index (χ2n) is 7.67. The zero-order valence-electron chi connectivity index (χ0n) is 18.1. The summed E-state index contributed by atoms with van der Waals surface area (Å²) >= 11 is 0. The number of halogens is 2. The molecule has 1 saturated heterocycles. The number of nitrogens with one attached hydrogen (secondary N) is 1. The van der Waals surface area contributed by atoms with Gasteiger partial charge < -0.3 is 16.0 Å². The van der Waals surface area contributed by atoms with Crippen molar-refractivity contribution in [1.29, 1.82) is 0 Å². The van der Waals surface area contributed by atoms with E-state index in [1.165, 1.54) is 0 Å². The molecule has 0 bridgehead atoms. The smallest absolute Gasteiger partial charge is 0.238 e. The molecule has 0 aromatic heterocycles. The molecule has 0 aliphatic carbocycles. The zero-order chi connectivity index (χ0) is 20.8. The molecule has 3 N–H and O–H groups in total. The SMILES string of the molecule is Cc1cccc(C)c1NC(=O)CN1CCN(C(=O)CCc2ccccc2N)CC1.Cl.Cl. The van der Waals surface area contributed by atoms with Crippen molar-refractivity contribution < 1.29 is 9.59 Å². The summed E-state index contributed by atoms with van der Waals surface area (Å²) in [5, 5.41) is 3.03. The third-order valence-corrected chi connectivity index (χ3v) is 5.50. The molecule has 0 saturated carbocycles. The van der Waals surface area contributed by atoms with Crippen molar-refractivity contribution in [2.75, 3.05) is 43.8 Å². The van der Waals surface area contributed by atoms with Gasteiger partial charge in [0.15, 0.2) is 0 Å². The largest absolute Gasteiger partial charge is 0.399 e. The van der Waals surface area contributed by atoms with E-state index < -0.39 is 0 Å². The average Bonchev–Trinajstić information content (AvgIpc) is 2.70. The third kappa shape index (κ3) is 7.42. The van der Waals surface area contributed by atoms with Crippen LogP contribution < -0.4 is 11.1 Å². The van der Waals surface area contributed by atoms with Crippen LogP contribution in [-0.4, -0.2) is 54.3 Å². The number of piperazine rings is 1. The molecule has 2 aromatic carbocycles. The van der Waals surface area contributed by atoms with E-state index in [0.717, 1.165) is 28.1 Å². The van der Waals surface area contributed by atoms with Gasteiger partial charge in [0.1, 0.15) is 0 Å². The van der Waals surface area contributed by atoms with Crippen LogP contribution in [-0.2, 0) is 16.0 Å².